The smallest absolute Gasteiger partial charge is 0.230 e. The normalized spacial score (nSPS) is 11.0. The minimum Gasteiger partial charge on any atom is -0.385 e. The van der Waals surface area contributed by atoms with Crippen LogP contribution in [-0.2, 0) is 9.53 Å². The summed E-state index contributed by atoms with van der Waals surface area (Å²) in [5, 5.41) is 3.18. The van der Waals surface area contributed by atoms with Crippen LogP contribution in [0.3, 0.4) is 0 Å². The van der Waals surface area contributed by atoms with E-state index in [0.29, 0.717) is 29.3 Å². The first-order chi connectivity index (χ1) is 10.1. The number of ether oxygens (including phenoxy) is 1. The van der Waals surface area contributed by atoms with Gasteiger partial charge in [0, 0.05) is 32.4 Å². The SMILES string of the molecule is COCCCNC(=O)CSc1nc2cc(F)c(F)cc2[nH]1. The Hall–Kier alpha value is -1.67. The van der Waals surface area contributed by atoms with Crippen molar-refractivity contribution in [1.29, 1.82) is 0 Å². The predicted octanol–water partition coefficient (Wildman–Crippen LogP) is 2.09. The third kappa shape index (κ3) is 4.40. The number of fused-ring (bicyclic) bond motifs is 1. The fourth-order valence-corrected chi connectivity index (χ4v) is 2.39. The van der Waals surface area contributed by atoms with Crippen LogP contribution < -0.4 is 5.32 Å². The molecule has 8 heteroatoms. The molecule has 1 aromatic heterocycles. The van der Waals surface area contributed by atoms with Crippen LogP contribution in [0.1, 0.15) is 6.42 Å². The van der Waals surface area contributed by atoms with E-state index >= 15 is 0 Å². The van der Waals surface area contributed by atoms with Crippen LogP contribution in [0.2, 0.25) is 0 Å². The van der Waals surface area contributed by atoms with Gasteiger partial charge in [-0.05, 0) is 6.42 Å². The maximum Gasteiger partial charge on any atom is 0.230 e. The highest BCUT2D eigenvalue weighted by atomic mass is 32.2. The van der Waals surface area contributed by atoms with Gasteiger partial charge in [0.25, 0.3) is 0 Å². The minimum absolute atomic E-state index is 0.131. The molecule has 0 aliphatic heterocycles. The number of methoxy groups -OCH3 is 1. The number of nitrogens with zero attached hydrogens (tertiary/aromatic N) is 1. The van der Waals surface area contributed by atoms with E-state index in [2.05, 4.69) is 15.3 Å². The summed E-state index contributed by atoms with van der Waals surface area (Å²) in [5.41, 5.74) is 0.730. The number of aromatic amines is 1. The standard InChI is InChI=1S/C13H15F2N3O2S/c1-20-4-2-3-16-12(19)7-21-13-17-10-5-8(14)9(15)6-11(10)18-13/h5-6H,2-4,7H2,1H3,(H,16,19)(H,17,18). The molecule has 2 aromatic rings. The first kappa shape index (κ1) is 15.7. The van der Waals surface area contributed by atoms with Crippen LogP contribution in [0.25, 0.3) is 11.0 Å². The van der Waals surface area contributed by atoms with E-state index in [1.165, 1.54) is 11.8 Å². The Labute approximate surface area is 124 Å². The summed E-state index contributed by atoms with van der Waals surface area (Å²) in [6.45, 7) is 1.14. The molecule has 0 aliphatic rings. The summed E-state index contributed by atoms with van der Waals surface area (Å²) in [6, 6.07) is 2.07. The Kier molecular flexibility index (Phi) is 5.51. The van der Waals surface area contributed by atoms with Crippen molar-refractivity contribution in [2.45, 2.75) is 11.6 Å². The van der Waals surface area contributed by atoms with E-state index in [1.807, 2.05) is 0 Å². The number of carbonyl (C=O) groups excluding carboxylic acids is 1. The lowest BCUT2D eigenvalue weighted by molar-refractivity contribution is -0.118. The van der Waals surface area contributed by atoms with Crippen LogP contribution in [0.5, 0.6) is 0 Å². The van der Waals surface area contributed by atoms with Crippen molar-refractivity contribution in [3.8, 4) is 0 Å². The van der Waals surface area contributed by atoms with Crippen molar-refractivity contribution in [2.24, 2.45) is 0 Å². The molecule has 21 heavy (non-hydrogen) atoms. The van der Waals surface area contributed by atoms with Gasteiger partial charge in [-0.2, -0.15) is 0 Å². The van der Waals surface area contributed by atoms with Crippen LogP contribution in [0.15, 0.2) is 17.3 Å². The summed E-state index contributed by atoms with van der Waals surface area (Å²) in [7, 11) is 1.60. The maximum atomic E-state index is 13.1. The number of hydrogen-bond acceptors (Lipinski definition) is 4. The fourth-order valence-electron chi connectivity index (χ4n) is 1.68. The second-order valence-corrected chi connectivity index (χ2v) is 5.27. The molecule has 1 aromatic carbocycles. The Balaban J connectivity index is 1.87. The number of amides is 1. The van der Waals surface area contributed by atoms with Gasteiger partial charge in [0.15, 0.2) is 16.8 Å². The molecule has 0 fully saturated rings. The highest BCUT2D eigenvalue weighted by Crippen LogP contribution is 2.21. The fraction of sp³-hybridized carbons (Fsp3) is 0.385. The molecule has 0 saturated heterocycles. The van der Waals surface area contributed by atoms with Gasteiger partial charge >= 0.3 is 0 Å². The second-order valence-electron chi connectivity index (χ2n) is 4.31. The van der Waals surface area contributed by atoms with Crippen LogP contribution >= 0.6 is 11.8 Å². The summed E-state index contributed by atoms with van der Waals surface area (Å²) >= 11 is 1.17. The summed E-state index contributed by atoms with van der Waals surface area (Å²) in [6.07, 6.45) is 0.746. The third-order valence-corrected chi connectivity index (χ3v) is 3.56. The number of carbonyl (C=O) groups is 1. The van der Waals surface area contributed by atoms with Crippen molar-refractivity contribution >= 4 is 28.7 Å². The summed E-state index contributed by atoms with van der Waals surface area (Å²) in [5.74, 6) is -1.83. The molecule has 1 heterocycles. The minimum atomic E-state index is -0.943. The number of rotatable bonds is 7. The number of hydrogen-bond donors (Lipinski definition) is 2. The maximum absolute atomic E-state index is 13.1. The molecular formula is C13H15F2N3O2S. The zero-order valence-electron chi connectivity index (χ0n) is 11.4. The zero-order valence-corrected chi connectivity index (χ0v) is 12.2. The van der Waals surface area contributed by atoms with Gasteiger partial charge < -0.3 is 15.0 Å². The van der Waals surface area contributed by atoms with Crippen LogP contribution in [0.4, 0.5) is 8.78 Å². The zero-order chi connectivity index (χ0) is 15.2. The molecule has 2 N–H and O–H groups in total. The molecule has 0 spiro atoms. The average Bonchev–Trinajstić information content (AvgIpc) is 2.84. The van der Waals surface area contributed by atoms with Gasteiger partial charge in [0.2, 0.25) is 5.91 Å². The summed E-state index contributed by atoms with van der Waals surface area (Å²) < 4.78 is 31.0. The molecule has 0 saturated carbocycles. The second kappa shape index (κ2) is 7.37. The first-order valence-corrected chi connectivity index (χ1v) is 7.32. The molecule has 114 valence electrons. The molecule has 0 atom stereocenters. The Morgan fingerprint density at radius 3 is 2.95 bits per heavy atom. The number of benzene rings is 1. The van der Waals surface area contributed by atoms with Gasteiger partial charge in [-0.25, -0.2) is 13.8 Å². The van der Waals surface area contributed by atoms with Crippen molar-refractivity contribution < 1.29 is 18.3 Å². The Morgan fingerprint density at radius 2 is 2.19 bits per heavy atom. The van der Waals surface area contributed by atoms with Crippen LogP contribution in [-0.4, -0.2) is 41.9 Å². The highest BCUT2D eigenvalue weighted by molar-refractivity contribution is 7.99. The van der Waals surface area contributed by atoms with E-state index in [0.717, 1.165) is 18.6 Å². The van der Waals surface area contributed by atoms with Crippen molar-refractivity contribution in [3.05, 3.63) is 23.8 Å². The Morgan fingerprint density at radius 1 is 1.43 bits per heavy atom. The Bertz CT molecular complexity index is 594. The lowest BCUT2D eigenvalue weighted by atomic mass is 10.3. The van der Waals surface area contributed by atoms with Crippen molar-refractivity contribution in [2.75, 3.05) is 26.0 Å². The molecule has 0 bridgehead atoms. The quantitative estimate of drug-likeness (QED) is 0.606. The molecule has 1 amide bonds. The molecular weight excluding hydrogens is 300 g/mol. The third-order valence-electron chi connectivity index (χ3n) is 2.69. The van der Waals surface area contributed by atoms with Crippen molar-refractivity contribution in [3.63, 3.8) is 0 Å². The molecule has 0 aliphatic carbocycles. The van der Waals surface area contributed by atoms with Crippen molar-refractivity contribution in [1.82, 2.24) is 15.3 Å². The summed E-state index contributed by atoms with van der Waals surface area (Å²) in [4.78, 5) is 18.5. The van der Waals surface area contributed by atoms with Gasteiger partial charge in [-0.1, -0.05) is 11.8 Å². The van der Waals surface area contributed by atoms with E-state index in [9.17, 15) is 13.6 Å². The largest absolute Gasteiger partial charge is 0.385 e. The van der Waals surface area contributed by atoms with Crippen LogP contribution in [0, 0.1) is 11.6 Å². The predicted molar refractivity (Wildman–Crippen MR) is 76.2 cm³/mol. The number of halogens is 2. The average molecular weight is 315 g/mol. The molecule has 0 radical (unpaired) electrons. The van der Waals surface area contributed by atoms with Gasteiger partial charge in [0.1, 0.15) is 0 Å². The monoisotopic (exact) mass is 315 g/mol. The number of imidazole rings is 1. The van der Waals surface area contributed by atoms with E-state index in [4.69, 9.17) is 4.74 Å². The van der Waals surface area contributed by atoms with E-state index < -0.39 is 11.6 Å². The van der Waals surface area contributed by atoms with Gasteiger partial charge in [0.05, 0.1) is 16.8 Å². The first-order valence-electron chi connectivity index (χ1n) is 6.33. The topological polar surface area (TPSA) is 67.0 Å². The number of thioether (sulfide) groups is 1. The lowest BCUT2D eigenvalue weighted by Crippen LogP contribution is -2.26. The number of nitrogens with one attached hydrogen (secondary N) is 2. The molecule has 0 unspecified atom stereocenters. The van der Waals surface area contributed by atoms with E-state index in [1.54, 1.807) is 7.11 Å². The van der Waals surface area contributed by atoms with Gasteiger partial charge in [-0.3, -0.25) is 4.79 Å². The number of aromatic nitrogens is 2. The van der Waals surface area contributed by atoms with E-state index in [-0.39, 0.29) is 11.7 Å². The highest BCUT2D eigenvalue weighted by Gasteiger charge is 2.10. The number of H-pyrrole nitrogens is 1. The molecule has 2 rings (SSSR count). The van der Waals surface area contributed by atoms with Gasteiger partial charge in [-0.15, -0.1) is 0 Å². The lowest BCUT2D eigenvalue weighted by Gasteiger charge is -2.03. The molecule has 5 nitrogen and oxygen atoms in total.